The summed E-state index contributed by atoms with van der Waals surface area (Å²) in [5.41, 5.74) is 1.00. The lowest BCUT2D eigenvalue weighted by atomic mass is 10.1. The summed E-state index contributed by atoms with van der Waals surface area (Å²) in [5.74, 6) is 1.81. The minimum absolute atomic E-state index is 0.573. The van der Waals surface area contributed by atoms with Gasteiger partial charge in [0.2, 0.25) is 0 Å². The molecule has 1 saturated carbocycles. The molecule has 0 radical (unpaired) electrons. The molecule has 2 aromatic rings. The molecule has 0 amide bonds. The first-order valence-electron chi connectivity index (χ1n) is 7.43. The third kappa shape index (κ3) is 3.22. The maximum atomic E-state index is 4.13. The first-order valence-corrected chi connectivity index (χ1v) is 7.43. The van der Waals surface area contributed by atoms with Crippen LogP contribution in [-0.4, -0.2) is 26.2 Å². The molecule has 1 aliphatic rings. The molecular formula is C15H21N5. The van der Waals surface area contributed by atoms with Crippen molar-refractivity contribution in [2.75, 3.05) is 0 Å². The first-order chi connectivity index (χ1) is 9.86. The van der Waals surface area contributed by atoms with Crippen LogP contribution in [0.2, 0.25) is 0 Å². The predicted octanol–water partition coefficient (Wildman–Crippen LogP) is 2.33. The van der Waals surface area contributed by atoms with Crippen molar-refractivity contribution in [2.24, 2.45) is 5.92 Å². The van der Waals surface area contributed by atoms with E-state index in [0.717, 1.165) is 23.9 Å². The lowest BCUT2D eigenvalue weighted by Gasteiger charge is -2.16. The Morgan fingerprint density at radius 2 is 2.10 bits per heavy atom. The number of hydrogen-bond acceptors (Lipinski definition) is 4. The van der Waals surface area contributed by atoms with Gasteiger partial charge in [-0.05, 0) is 41.3 Å². The van der Waals surface area contributed by atoms with Crippen molar-refractivity contribution >= 4 is 0 Å². The molecule has 0 aliphatic heterocycles. The van der Waals surface area contributed by atoms with Crippen LogP contribution in [0.25, 0.3) is 5.69 Å². The fraction of sp³-hybridized carbons (Fsp3) is 0.533. The second-order valence-electron chi connectivity index (χ2n) is 5.51. The van der Waals surface area contributed by atoms with E-state index in [1.54, 1.807) is 4.68 Å². The predicted molar refractivity (Wildman–Crippen MR) is 77.4 cm³/mol. The zero-order valence-electron chi connectivity index (χ0n) is 11.9. The van der Waals surface area contributed by atoms with Crippen LogP contribution in [0, 0.1) is 5.92 Å². The summed E-state index contributed by atoms with van der Waals surface area (Å²) in [6.07, 6.45) is 5.24. The van der Waals surface area contributed by atoms with E-state index in [9.17, 15) is 0 Å². The zero-order valence-corrected chi connectivity index (χ0v) is 11.9. The Balaban J connectivity index is 1.64. The van der Waals surface area contributed by atoms with E-state index in [2.05, 4.69) is 27.8 Å². The molecule has 0 saturated heterocycles. The van der Waals surface area contributed by atoms with E-state index in [1.807, 2.05) is 30.3 Å². The van der Waals surface area contributed by atoms with Crippen LogP contribution in [0.3, 0.4) is 0 Å². The summed E-state index contributed by atoms with van der Waals surface area (Å²) < 4.78 is 1.80. The second-order valence-corrected chi connectivity index (χ2v) is 5.51. The van der Waals surface area contributed by atoms with Crippen LogP contribution in [-0.2, 0) is 6.54 Å². The Labute approximate surface area is 119 Å². The highest BCUT2D eigenvalue weighted by Crippen LogP contribution is 2.34. The molecule has 1 aromatic carbocycles. The van der Waals surface area contributed by atoms with Gasteiger partial charge >= 0.3 is 0 Å². The number of nitrogens with zero attached hydrogens (tertiary/aromatic N) is 4. The van der Waals surface area contributed by atoms with E-state index in [-0.39, 0.29) is 0 Å². The standard InChI is InChI=1S/C15H21N5/c1-2-13(10-12-8-9-12)16-11-15-17-18-19-20(15)14-6-4-3-5-7-14/h3-7,12-13,16H,2,8-11H2,1H3. The van der Waals surface area contributed by atoms with Crippen molar-refractivity contribution in [1.82, 2.24) is 25.5 Å². The van der Waals surface area contributed by atoms with Gasteiger partial charge in [0.15, 0.2) is 5.82 Å². The molecule has 5 heteroatoms. The molecule has 1 atom stereocenters. The Morgan fingerprint density at radius 3 is 2.80 bits per heavy atom. The van der Waals surface area contributed by atoms with Crippen molar-refractivity contribution in [3.63, 3.8) is 0 Å². The summed E-state index contributed by atoms with van der Waals surface area (Å²) in [5, 5.41) is 15.6. The topological polar surface area (TPSA) is 55.6 Å². The molecule has 1 aliphatic carbocycles. The summed E-state index contributed by atoms with van der Waals surface area (Å²) in [7, 11) is 0. The molecule has 1 fully saturated rings. The van der Waals surface area contributed by atoms with Gasteiger partial charge in [0.05, 0.1) is 12.2 Å². The number of nitrogens with one attached hydrogen (secondary N) is 1. The van der Waals surface area contributed by atoms with Gasteiger partial charge in [-0.3, -0.25) is 0 Å². The van der Waals surface area contributed by atoms with Gasteiger partial charge in [0.1, 0.15) is 0 Å². The lowest BCUT2D eigenvalue weighted by molar-refractivity contribution is 0.436. The number of aromatic nitrogens is 4. The molecule has 20 heavy (non-hydrogen) atoms. The van der Waals surface area contributed by atoms with Crippen molar-refractivity contribution in [3.8, 4) is 5.69 Å². The maximum Gasteiger partial charge on any atom is 0.170 e. The van der Waals surface area contributed by atoms with Gasteiger partial charge in [-0.2, -0.15) is 4.68 Å². The Hall–Kier alpha value is -1.75. The summed E-state index contributed by atoms with van der Waals surface area (Å²) >= 11 is 0. The van der Waals surface area contributed by atoms with Gasteiger partial charge in [-0.25, -0.2) is 0 Å². The van der Waals surface area contributed by atoms with Crippen molar-refractivity contribution in [1.29, 1.82) is 0 Å². The average Bonchev–Trinajstić information content (AvgIpc) is 3.19. The molecule has 1 heterocycles. The minimum Gasteiger partial charge on any atom is -0.307 e. The molecule has 5 nitrogen and oxygen atoms in total. The van der Waals surface area contributed by atoms with Gasteiger partial charge in [0, 0.05) is 6.04 Å². The van der Waals surface area contributed by atoms with Gasteiger partial charge < -0.3 is 5.32 Å². The smallest absolute Gasteiger partial charge is 0.170 e. The first kappa shape index (κ1) is 13.2. The molecule has 1 aromatic heterocycles. The monoisotopic (exact) mass is 271 g/mol. The van der Waals surface area contributed by atoms with E-state index >= 15 is 0 Å². The van der Waals surface area contributed by atoms with Crippen LogP contribution in [0.15, 0.2) is 30.3 Å². The van der Waals surface area contributed by atoms with Crippen LogP contribution >= 0.6 is 0 Å². The normalized spacial score (nSPS) is 16.2. The fourth-order valence-electron chi connectivity index (χ4n) is 2.47. The van der Waals surface area contributed by atoms with Crippen LogP contribution in [0.4, 0.5) is 0 Å². The highest BCUT2D eigenvalue weighted by Gasteiger charge is 2.24. The number of tetrazole rings is 1. The maximum absolute atomic E-state index is 4.13. The Kier molecular flexibility index (Phi) is 4.06. The third-order valence-electron chi connectivity index (χ3n) is 3.89. The molecular weight excluding hydrogens is 250 g/mol. The molecule has 1 unspecified atom stereocenters. The number of rotatable bonds is 7. The number of benzene rings is 1. The third-order valence-corrected chi connectivity index (χ3v) is 3.89. The average molecular weight is 271 g/mol. The highest BCUT2D eigenvalue weighted by molar-refractivity contribution is 5.30. The van der Waals surface area contributed by atoms with Crippen molar-refractivity contribution < 1.29 is 0 Å². The molecule has 0 spiro atoms. The van der Waals surface area contributed by atoms with Crippen LogP contribution < -0.4 is 5.32 Å². The molecule has 1 N–H and O–H groups in total. The van der Waals surface area contributed by atoms with Crippen LogP contribution in [0.5, 0.6) is 0 Å². The number of para-hydroxylation sites is 1. The van der Waals surface area contributed by atoms with E-state index in [1.165, 1.54) is 19.3 Å². The molecule has 0 bridgehead atoms. The molecule has 3 rings (SSSR count). The van der Waals surface area contributed by atoms with E-state index in [0.29, 0.717) is 12.6 Å². The summed E-state index contributed by atoms with van der Waals surface area (Å²) in [4.78, 5) is 0. The minimum atomic E-state index is 0.573. The van der Waals surface area contributed by atoms with Crippen LogP contribution in [0.1, 0.15) is 38.4 Å². The molecule has 106 valence electrons. The van der Waals surface area contributed by atoms with E-state index in [4.69, 9.17) is 0 Å². The second kappa shape index (κ2) is 6.13. The Morgan fingerprint density at radius 1 is 1.30 bits per heavy atom. The zero-order chi connectivity index (χ0) is 13.8. The fourth-order valence-corrected chi connectivity index (χ4v) is 2.47. The lowest BCUT2D eigenvalue weighted by Crippen LogP contribution is -2.29. The SMILES string of the molecule is CCC(CC1CC1)NCc1nnnn1-c1ccccc1. The number of hydrogen-bond donors (Lipinski definition) is 1. The van der Waals surface area contributed by atoms with E-state index < -0.39 is 0 Å². The Bertz CT molecular complexity index is 532. The van der Waals surface area contributed by atoms with Crippen molar-refractivity contribution in [3.05, 3.63) is 36.2 Å². The largest absolute Gasteiger partial charge is 0.307 e. The van der Waals surface area contributed by atoms with Gasteiger partial charge in [0.25, 0.3) is 0 Å². The highest BCUT2D eigenvalue weighted by atomic mass is 15.5. The quantitative estimate of drug-likeness (QED) is 0.839. The summed E-state index contributed by atoms with van der Waals surface area (Å²) in [6, 6.07) is 10.6. The van der Waals surface area contributed by atoms with Gasteiger partial charge in [-0.15, -0.1) is 5.10 Å². The van der Waals surface area contributed by atoms with Gasteiger partial charge in [-0.1, -0.05) is 38.0 Å². The summed E-state index contributed by atoms with van der Waals surface area (Å²) in [6.45, 7) is 2.95. The van der Waals surface area contributed by atoms with Crippen molar-refractivity contribution in [2.45, 2.75) is 45.2 Å².